The molecule has 20 heavy (non-hydrogen) atoms. The standard InChI is InChI=1S/C14H22F3N3/c1-5-18-8-9(2)6-12-10(3)19-13(20-11(12)4)7-14(15,16)17/h9,18H,5-8H2,1-4H3. The van der Waals surface area contributed by atoms with E-state index in [1.165, 1.54) is 0 Å². The second kappa shape index (κ2) is 7.02. The van der Waals surface area contributed by atoms with Gasteiger partial charge in [-0.05, 0) is 44.8 Å². The molecular formula is C14H22F3N3. The van der Waals surface area contributed by atoms with Crippen LogP contribution in [-0.2, 0) is 12.8 Å². The average molecular weight is 289 g/mol. The molecule has 0 amide bonds. The van der Waals surface area contributed by atoms with E-state index < -0.39 is 12.6 Å². The van der Waals surface area contributed by atoms with E-state index >= 15 is 0 Å². The minimum Gasteiger partial charge on any atom is -0.317 e. The molecule has 0 aliphatic heterocycles. The van der Waals surface area contributed by atoms with E-state index in [2.05, 4.69) is 22.2 Å². The van der Waals surface area contributed by atoms with Gasteiger partial charge >= 0.3 is 6.18 Å². The molecule has 1 atom stereocenters. The molecule has 0 aliphatic carbocycles. The van der Waals surface area contributed by atoms with Gasteiger partial charge in [0.15, 0.2) is 0 Å². The van der Waals surface area contributed by atoms with Gasteiger partial charge in [0.1, 0.15) is 12.2 Å². The van der Waals surface area contributed by atoms with Crippen LogP contribution in [0.15, 0.2) is 0 Å². The lowest BCUT2D eigenvalue weighted by molar-refractivity contribution is -0.128. The lowest BCUT2D eigenvalue weighted by Gasteiger charge is -2.16. The third-order valence-electron chi connectivity index (χ3n) is 3.12. The predicted molar refractivity (Wildman–Crippen MR) is 72.7 cm³/mol. The number of hydrogen-bond acceptors (Lipinski definition) is 3. The molecule has 0 fully saturated rings. The largest absolute Gasteiger partial charge is 0.396 e. The van der Waals surface area contributed by atoms with E-state index in [0.29, 0.717) is 17.3 Å². The van der Waals surface area contributed by atoms with Crippen LogP contribution in [0.25, 0.3) is 0 Å². The summed E-state index contributed by atoms with van der Waals surface area (Å²) in [4.78, 5) is 8.00. The molecule has 0 saturated heterocycles. The minimum atomic E-state index is -4.27. The first-order valence-electron chi connectivity index (χ1n) is 6.83. The zero-order chi connectivity index (χ0) is 15.3. The fraction of sp³-hybridized carbons (Fsp3) is 0.714. The summed E-state index contributed by atoms with van der Waals surface area (Å²) >= 11 is 0. The van der Waals surface area contributed by atoms with Crippen LogP contribution in [0.2, 0.25) is 0 Å². The summed E-state index contributed by atoms with van der Waals surface area (Å²) < 4.78 is 37.1. The average Bonchev–Trinajstić information content (AvgIpc) is 2.29. The van der Waals surface area contributed by atoms with Gasteiger partial charge in [0.2, 0.25) is 0 Å². The molecule has 0 spiro atoms. The van der Waals surface area contributed by atoms with Crippen LogP contribution >= 0.6 is 0 Å². The van der Waals surface area contributed by atoms with Gasteiger partial charge < -0.3 is 5.32 Å². The second-order valence-electron chi connectivity index (χ2n) is 5.20. The molecule has 6 heteroatoms. The summed E-state index contributed by atoms with van der Waals surface area (Å²) in [6, 6.07) is 0. The highest BCUT2D eigenvalue weighted by atomic mass is 19.4. The number of rotatable bonds is 6. The van der Waals surface area contributed by atoms with Crippen molar-refractivity contribution < 1.29 is 13.2 Å². The number of nitrogens with one attached hydrogen (secondary N) is 1. The quantitative estimate of drug-likeness (QED) is 0.875. The summed E-state index contributed by atoms with van der Waals surface area (Å²) in [7, 11) is 0. The summed E-state index contributed by atoms with van der Waals surface area (Å²) in [6.07, 6.45) is -4.56. The Morgan fingerprint density at radius 2 is 1.70 bits per heavy atom. The van der Waals surface area contributed by atoms with Crippen molar-refractivity contribution in [3.63, 3.8) is 0 Å². The summed E-state index contributed by atoms with van der Waals surface area (Å²) in [5.74, 6) is 0.250. The number of aromatic nitrogens is 2. The van der Waals surface area contributed by atoms with Gasteiger partial charge in [0, 0.05) is 11.4 Å². The zero-order valence-electron chi connectivity index (χ0n) is 12.4. The summed E-state index contributed by atoms with van der Waals surface area (Å²) in [5, 5.41) is 3.26. The normalized spacial score (nSPS) is 13.6. The second-order valence-corrected chi connectivity index (χ2v) is 5.20. The lowest BCUT2D eigenvalue weighted by Crippen LogP contribution is -2.23. The van der Waals surface area contributed by atoms with E-state index in [1.807, 2.05) is 6.92 Å². The van der Waals surface area contributed by atoms with Crippen LogP contribution in [-0.4, -0.2) is 29.2 Å². The summed E-state index contributed by atoms with van der Waals surface area (Å²) in [5.41, 5.74) is 2.27. The van der Waals surface area contributed by atoms with Crippen molar-refractivity contribution in [2.75, 3.05) is 13.1 Å². The lowest BCUT2D eigenvalue weighted by atomic mass is 9.98. The van der Waals surface area contributed by atoms with Crippen LogP contribution in [0, 0.1) is 19.8 Å². The Labute approximate surface area is 118 Å². The van der Waals surface area contributed by atoms with Gasteiger partial charge in [-0.15, -0.1) is 0 Å². The highest BCUT2D eigenvalue weighted by Gasteiger charge is 2.29. The van der Waals surface area contributed by atoms with E-state index in [4.69, 9.17) is 0 Å². The van der Waals surface area contributed by atoms with Gasteiger partial charge in [0.25, 0.3) is 0 Å². The molecule has 1 rings (SSSR count). The molecule has 0 saturated carbocycles. The fourth-order valence-corrected chi connectivity index (χ4v) is 2.17. The number of hydrogen-bond donors (Lipinski definition) is 1. The molecule has 0 aromatic carbocycles. The van der Waals surface area contributed by atoms with Crippen LogP contribution in [0.1, 0.15) is 36.6 Å². The minimum absolute atomic E-state index is 0.143. The first kappa shape index (κ1) is 16.9. The number of aryl methyl sites for hydroxylation is 2. The van der Waals surface area contributed by atoms with Gasteiger partial charge in [-0.1, -0.05) is 13.8 Å². The molecule has 114 valence electrons. The van der Waals surface area contributed by atoms with Crippen LogP contribution in [0.3, 0.4) is 0 Å². The molecule has 1 aromatic rings. The van der Waals surface area contributed by atoms with Gasteiger partial charge in [-0.3, -0.25) is 0 Å². The van der Waals surface area contributed by atoms with Crippen molar-refractivity contribution in [1.82, 2.24) is 15.3 Å². The molecule has 0 radical (unpaired) electrons. The molecular weight excluding hydrogens is 267 g/mol. The third-order valence-corrected chi connectivity index (χ3v) is 3.12. The molecule has 1 N–H and O–H groups in total. The van der Waals surface area contributed by atoms with Gasteiger partial charge in [0.05, 0.1) is 0 Å². The first-order chi connectivity index (χ1) is 9.23. The molecule has 1 unspecified atom stereocenters. The van der Waals surface area contributed by atoms with E-state index in [9.17, 15) is 13.2 Å². The first-order valence-corrected chi connectivity index (χ1v) is 6.83. The molecule has 0 aliphatic rings. The number of alkyl halides is 3. The zero-order valence-corrected chi connectivity index (χ0v) is 12.4. The van der Waals surface area contributed by atoms with Crippen molar-refractivity contribution in [3.05, 3.63) is 22.8 Å². The Hall–Kier alpha value is -1.17. The van der Waals surface area contributed by atoms with Crippen LogP contribution in [0.5, 0.6) is 0 Å². The Kier molecular flexibility index (Phi) is 5.92. The Bertz CT molecular complexity index is 421. The smallest absolute Gasteiger partial charge is 0.317 e. The van der Waals surface area contributed by atoms with Crippen LogP contribution in [0.4, 0.5) is 13.2 Å². The van der Waals surface area contributed by atoms with Crippen LogP contribution < -0.4 is 5.32 Å². The van der Waals surface area contributed by atoms with Crippen molar-refractivity contribution in [2.24, 2.45) is 5.92 Å². The Morgan fingerprint density at radius 3 is 2.15 bits per heavy atom. The molecule has 1 aromatic heterocycles. The topological polar surface area (TPSA) is 37.8 Å². The highest BCUT2D eigenvalue weighted by molar-refractivity contribution is 5.25. The fourth-order valence-electron chi connectivity index (χ4n) is 2.17. The van der Waals surface area contributed by atoms with Crippen molar-refractivity contribution in [1.29, 1.82) is 0 Å². The van der Waals surface area contributed by atoms with Crippen molar-refractivity contribution in [3.8, 4) is 0 Å². The van der Waals surface area contributed by atoms with E-state index in [0.717, 1.165) is 25.1 Å². The Balaban J connectivity index is 2.84. The van der Waals surface area contributed by atoms with E-state index in [1.54, 1.807) is 13.8 Å². The molecule has 1 heterocycles. The monoisotopic (exact) mass is 289 g/mol. The molecule has 0 bridgehead atoms. The Morgan fingerprint density at radius 1 is 1.15 bits per heavy atom. The SMILES string of the molecule is CCNCC(C)Cc1c(C)nc(CC(F)(F)F)nc1C. The van der Waals surface area contributed by atoms with Gasteiger partial charge in [-0.25, -0.2) is 9.97 Å². The molecule has 3 nitrogen and oxygen atoms in total. The van der Waals surface area contributed by atoms with E-state index in [-0.39, 0.29) is 5.82 Å². The summed E-state index contributed by atoms with van der Waals surface area (Å²) in [6.45, 7) is 9.43. The highest BCUT2D eigenvalue weighted by Crippen LogP contribution is 2.21. The number of halogens is 3. The van der Waals surface area contributed by atoms with Crippen molar-refractivity contribution >= 4 is 0 Å². The third kappa shape index (κ3) is 5.45. The maximum atomic E-state index is 12.4. The predicted octanol–water partition coefficient (Wildman–Crippen LogP) is 2.99. The maximum absolute atomic E-state index is 12.4. The van der Waals surface area contributed by atoms with Gasteiger partial charge in [-0.2, -0.15) is 13.2 Å². The van der Waals surface area contributed by atoms with Crippen molar-refractivity contribution in [2.45, 2.75) is 46.7 Å². The maximum Gasteiger partial charge on any atom is 0.396 e. The number of nitrogens with zero attached hydrogens (tertiary/aromatic N) is 2.